The quantitative estimate of drug-likeness (QED) is 0.563. The van der Waals surface area contributed by atoms with Crippen molar-refractivity contribution in [2.45, 2.75) is 96.3 Å². The molecular weight excluding hydrogens is 240 g/mol. The SMILES string of the molecule is C1CCC2(CC1)CCCC2CC[C@H]1CC[C@@H]2CCCC21. The van der Waals surface area contributed by atoms with Crippen molar-refractivity contribution in [3.05, 3.63) is 0 Å². The third-order valence-electron chi connectivity index (χ3n) is 8.06. The molecule has 0 N–H and O–H groups in total. The Kier molecular flexibility index (Phi) is 3.86. The molecule has 0 aromatic carbocycles. The van der Waals surface area contributed by atoms with Gasteiger partial charge in [-0.1, -0.05) is 38.5 Å². The van der Waals surface area contributed by atoms with Crippen LogP contribution >= 0.6 is 0 Å². The molecule has 0 aromatic rings. The summed E-state index contributed by atoms with van der Waals surface area (Å²) in [5.74, 6) is 4.60. The van der Waals surface area contributed by atoms with Gasteiger partial charge in [0, 0.05) is 0 Å². The molecule has 0 aromatic heterocycles. The van der Waals surface area contributed by atoms with Gasteiger partial charge in [0.15, 0.2) is 0 Å². The summed E-state index contributed by atoms with van der Waals surface area (Å²) in [6.45, 7) is 0. The standard InChI is InChI=1S/C20H34/c1-2-13-20(14-3-1)15-5-7-18(20)12-11-17-10-9-16-6-4-8-19(16)17/h16-19H,1-15H2/t16-,17+,18?,19?/m0/s1. The summed E-state index contributed by atoms with van der Waals surface area (Å²) in [7, 11) is 0. The van der Waals surface area contributed by atoms with Gasteiger partial charge in [-0.3, -0.25) is 0 Å². The van der Waals surface area contributed by atoms with E-state index in [1.54, 1.807) is 89.9 Å². The van der Waals surface area contributed by atoms with E-state index >= 15 is 0 Å². The highest BCUT2D eigenvalue weighted by atomic mass is 14.5. The molecule has 2 unspecified atom stereocenters. The second-order valence-corrected chi connectivity index (χ2v) is 8.78. The smallest absolute Gasteiger partial charge is 0.0269 e. The van der Waals surface area contributed by atoms with Crippen LogP contribution in [0.4, 0.5) is 0 Å². The van der Waals surface area contributed by atoms with Crippen LogP contribution < -0.4 is 0 Å². The van der Waals surface area contributed by atoms with E-state index in [9.17, 15) is 0 Å². The molecule has 4 rings (SSSR count). The van der Waals surface area contributed by atoms with Crippen LogP contribution in [-0.4, -0.2) is 0 Å². The van der Waals surface area contributed by atoms with E-state index in [0.717, 1.165) is 23.2 Å². The molecule has 0 nitrogen and oxygen atoms in total. The third-order valence-corrected chi connectivity index (χ3v) is 8.06. The van der Waals surface area contributed by atoms with Crippen LogP contribution in [-0.2, 0) is 0 Å². The van der Waals surface area contributed by atoms with E-state index in [0.29, 0.717) is 0 Å². The topological polar surface area (TPSA) is 0 Å². The van der Waals surface area contributed by atoms with Crippen LogP contribution in [0.15, 0.2) is 0 Å². The van der Waals surface area contributed by atoms with Crippen molar-refractivity contribution >= 4 is 0 Å². The Labute approximate surface area is 126 Å². The Morgan fingerprint density at radius 2 is 1.50 bits per heavy atom. The molecule has 0 heteroatoms. The maximum Gasteiger partial charge on any atom is -0.0269 e. The molecule has 0 heterocycles. The Morgan fingerprint density at radius 3 is 2.40 bits per heavy atom. The minimum Gasteiger partial charge on any atom is -0.0533 e. The molecule has 0 saturated heterocycles. The van der Waals surface area contributed by atoms with Crippen molar-refractivity contribution in [2.24, 2.45) is 29.1 Å². The summed E-state index contributed by atoms with van der Waals surface area (Å²) < 4.78 is 0. The normalized spacial score (nSPS) is 43.2. The van der Waals surface area contributed by atoms with Crippen LogP contribution in [0.1, 0.15) is 96.3 Å². The monoisotopic (exact) mass is 274 g/mol. The lowest BCUT2D eigenvalue weighted by Crippen LogP contribution is -2.28. The van der Waals surface area contributed by atoms with Crippen molar-refractivity contribution in [1.29, 1.82) is 0 Å². The fraction of sp³-hybridized carbons (Fsp3) is 1.00. The molecule has 0 aliphatic heterocycles. The van der Waals surface area contributed by atoms with Crippen molar-refractivity contribution in [3.8, 4) is 0 Å². The molecule has 0 amide bonds. The molecular formula is C20H34. The molecule has 0 bridgehead atoms. The number of rotatable bonds is 3. The zero-order valence-corrected chi connectivity index (χ0v) is 13.4. The lowest BCUT2D eigenvalue weighted by molar-refractivity contribution is 0.113. The maximum absolute atomic E-state index is 1.61. The van der Waals surface area contributed by atoms with Crippen LogP contribution in [0.3, 0.4) is 0 Å². The Hall–Kier alpha value is 0. The zero-order valence-electron chi connectivity index (χ0n) is 13.4. The van der Waals surface area contributed by atoms with Gasteiger partial charge in [0.25, 0.3) is 0 Å². The first-order chi connectivity index (χ1) is 9.87. The lowest BCUT2D eigenvalue weighted by atomic mass is 9.66. The van der Waals surface area contributed by atoms with Gasteiger partial charge in [0.05, 0.1) is 0 Å². The van der Waals surface area contributed by atoms with Crippen LogP contribution in [0.2, 0.25) is 0 Å². The molecule has 114 valence electrons. The molecule has 4 fully saturated rings. The van der Waals surface area contributed by atoms with E-state index in [2.05, 4.69) is 0 Å². The first kappa shape index (κ1) is 13.6. The predicted octanol–water partition coefficient (Wildman–Crippen LogP) is 6.34. The molecule has 1 spiro atoms. The fourth-order valence-electron chi connectivity index (χ4n) is 7.04. The first-order valence-corrected chi connectivity index (χ1v) is 9.87. The van der Waals surface area contributed by atoms with E-state index in [1.165, 1.54) is 12.3 Å². The van der Waals surface area contributed by atoms with E-state index < -0.39 is 0 Å². The van der Waals surface area contributed by atoms with Crippen molar-refractivity contribution in [3.63, 3.8) is 0 Å². The zero-order chi connectivity index (χ0) is 13.4. The first-order valence-electron chi connectivity index (χ1n) is 9.87. The van der Waals surface area contributed by atoms with Crippen LogP contribution in [0, 0.1) is 29.1 Å². The molecule has 4 aliphatic carbocycles. The van der Waals surface area contributed by atoms with E-state index in [-0.39, 0.29) is 0 Å². The van der Waals surface area contributed by atoms with Gasteiger partial charge in [-0.15, -0.1) is 0 Å². The van der Waals surface area contributed by atoms with Gasteiger partial charge in [0.2, 0.25) is 0 Å². The van der Waals surface area contributed by atoms with Gasteiger partial charge in [-0.25, -0.2) is 0 Å². The van der Waals surface area contributed by atoms with Gasteiger partial charge >= 0.3 is 0 Å². The number of hydrogen-bond acceptors (Lipinski definition) is 0. The second kappa shape index (κ2) is 5.65. The lowest BCUT2D eigenvalue weighted by Gasteiger charge is -2.40. The Morgan fingerprint density at radius 1 is 0.650 bits per heavy atom. The molecule has 4 aliphatic rings. The molecule has 0 radical (unpaired) electrons. The minimum absolute atomic E-state index is 0.839. The highest BCUT2D eigenvalue weighted by molar-refractivity contribution is 4.95. The molecule has 4 atom stereocenters. The average Bonchev–Trinajstić information content (AvgIpc) is 3.15. The minimum atomic E-state index is 0.839. The summed E-state index contributed by atoms with van der Waals surface area (Å²) in [5.41, 5.74) is 0.839. The van der Waals surface area contributed by atoms with Gasteiger partial charge in [-0.2, -0.15) is 0 Å². The maximum atomic E-state index is 1.61. The van der Waals surface area contributed by atoms with Crippen molar-refractivity contribution in [1.82, 2.24) is 0 Å². The molecule has 4 saturated carbocycles. The summed E-state index contributed by atoms with van der Waals surface area (Å²) >= 11 is 0. The Bertz CT molecular complexity index is 325. The highest BCUT2D eigenvalue weighted by Gasteiger charge is 2.44. The highest BCUT2D eigenvalue weighted by Crippen LogP contribution is 2.56. The van der Waals surface area contributed by atoms with Crippen LogP contribution in [0.5, 0.6) is 0 Å². The van der Waals surface area contributed by atoms with Crippen molar-refractivity contribution < 1.29 is 0 Å². The Balaban J connectivity index is 1.34. The van der Waals surface area contributed by atoms with Crippen molar-refractivity contribution in [2.75, 3.05) is 0 Å². The summed E-state index contributed by atoms with van der Waals surface area (Å²) in [4.78, 5) is 0. The van der Waals surface area contributed by atoms with E-state index in [4.69, 9.17) is 0 Å². The summed E-state index contributed by atoms with van der Waals surface area (Å²) in [6.07, 6.45) is 23.6. The van der Waals surface area contributed by atoms with Gasteiger partial charge < -0.3 is 0 Å². The largest absolute Gasteiger partial charge is 0.0533 e. The summed E-state index contributed by atoms with van der Waals surface area (Å²) in [5, 5.41) is 0. The van der Waals surface area contributed by atoms with Gasteiger partial charge in [-0.05, 0) is 86.9 Å². The number of fused-ring (bicyclic) bond motifs is 1. The number of hydrogen-bond donors (Lipinski definition) is 0. The average molecular weight is 274 g/mol. The molecule has 20 heavy (non-hydrogen) atoms. The summed E-state index contributed by atoms with van der Waals surface area (Å²) in [6, 6.07) is 0. The predicted molar refractivity (Wildman–Crippen MR) is 85.6 cm³/mol. The second-order valence-electron chi connectivity index (χ2n) is 8.78. The van der Waals surface area contributed by atoms with E-state index in [1.807, 2.05) is 0 Å². The fourth-order valence-corrected chi connectivity index (χ4v) is 7.04. The van der Waals surface area contributed by atoms with Crippen LogP contribution in [0.25, 0.3) is 0 Å². The third kappa shape index (κ3) is 2.35. The van der Waals surface area contributed by atoms with Gasteiger partial charge in [0.1, 0.15) is 0 Å².